The second-order valence-corrected chi connectivity index (χ2v) is 27.6. The molecule has 0 aromatic heterocycles. The summed E-state index contributed by atoms with van der Waals surface area (Å²) in [4.78, 5) is 0. The maximum absolute atomic E-state index is 13.9. The molecule has 0 saturated heterocycles. The fourth-order valence-electron chi connectivity index (χ4n) is 18.6. The molecule has 15 aromatic rings. The molecule has 0 radical (unpaired) electrons. The van der Waals surface area contributed by atoms with Gasteiger partial charge in [-0.05, 0) is 170 Å². The summed E-state index contributed by atoms with van der Waals surface area (Å²) >= 11 is 0. The van der Waals surface area contributed by atoms with Crippen LogP contribution in [0.25, 0.3) is 88.3 Å². The zero-order valence-corrected chi connectivity index (χ0v) is 52.7. The van der Waals surface area contributed by atoms with Crippen molar-refractivity contribution in [3.05, 3.63) is 416 Å². The van der Waals surface area contributed by atoms with E-state index < -0.39 is 33.6 Å². The quantitative estimate of drug-likeness (QED) is 0.0987. The van der Waals surface area contributed by atoms with E-state index in [2.05, 4.69) is 97.1 Å². The zero-order chi connectivity index (χ0) is 65.4. The number of hydrogen-bond donors (Lipinski definition) is 6. The minimum absolute atomic E-state index is 0.616. The van der Waals surface area contributed by atoms with Gasteiger partial charge < -0.3 is 30.6 Å². The molecule has 6 N–H and O–H groups in total. The lowest BCUT2D eigenvalue weighted by molar-refractivity contribution is 0.125. The van der Waals surface area contributed by atoms with Gasteiger partial charge in [-0.1, -0.05) is 267 Å². The molecule has 6 atom stereocenters. The van der Waals surface area contributed by atoms with Crippen LogP contribution in [-0.2, 0) is 33.6 Å². The minimum atomic E-state index is -1.65. The van der Waals surface area contributed by atoms with Crippen molar-refractivity contribution in [1.29, 1.82) is 0 Å². The molecule has 6 aliphatic carbocycles. The van der Waals surface area contributed by atoms with E-state index in [-0.39, 0.29) is 0 Å². The van der Waals surface area contributed by atoms with E-state index in [9.17, 15) is 30.6 Å². The summed E-state index contributed by atoms with van der Waals surface area (Å²) in [5, 5.41) is 86.0. The van der Waals surface area contributed by atoms with E-state index in [0.717, 1.165) is 133 Å². The third-order valence-corrected chi connectivity index (χ3v) is 23.2. The molecule has 6 aliphatic rings. The van der Waals surface area contributed by atoms with Gasteiger partial charge in [0.2, 0.25) is 0 Å². The first-order valence-corrected chi connectivity index (χ1v) is 33.5. The molecule has 6 nitrogen and oxygen atoms in total. The highest BCUT2D eigenvalue weighted by atomic mass is 16.3. The summed E-state index contributed by atoms with van der Waals surface area (Å²) in [5.41, 5.74) is 13.5. The van der Waals surface area contributed by atoms with Crippen LogP contribution in [0.2, 0.25) is 0 Å². The van der Waals surface area contributed by atoms with E-state index >= 15 is 0 Å². The van der Waals surface area contributed by atoms with Crippen LogP contribution < -0.4 is 0 Å². The molecular weight excluding hydrogens is 1200 g/mol. The Morgan fingerprint density at radius 3 is 0.531 bits per heavy atom. The maximum atomic E-state index is 13.9. The van der Waals surface area contributed by atoms with Crippen molar-refractivity contribution in [3.63, 3.8) is 0 Å². The van der Waals surface area contributed by atoms with E-state index in [1.165, 1.54) is 0 Å². The number of aliphatic hydroxyl groups is 6. The molecule has 0 saturated carbocycles. The summed E-state index contributed by atoms with van der Waals surface area (Å²) in [5.74, 6) is 0. The molecule has 0 heterocycles. The molecule has 0 amide bonds. The van der Waals surface area contributed by atoms with Crippen LogP contribution in [0.4, 0.5) is 0 Å². The Hall–Kier alpha value is -11.4. The highest BCUT2D eigenvalue weighted by Crippen LogP contribution is 2.63. The van der Waals surface area contributed by atoms with Crippen molar-refractivity contribution < 1.29 is 30.6 Å². The SMILES string of the molecule is OC1(c2ccc(C3(O)c4ccccc4-c4cc5c(cc43)-c3ccccc3C5(O)c3ccc4ccccc4c3)cc2)c2ccccc2-c2cc3c(cc21)-c1ccccc1C3(O)c1ccc(C2(O)c3ccccc3-c3cc4c(cc32)-c2ccccc2C4(O)c2ccc3ccccc3c2)cc1. The fraction of sp³-hybridized carbons (Fsp3) is 0.0652. The zero-order valence-electron chi connectivity index (χ0n) is 52.7. The predicted molar refractivity (Wildman–Crippen MR) is 385 cm³/mol. The van der Waals surface area contributed by atoms with Crippen LogP contribution in [0, 0.1) is 0 Å². The summed E-state index contributed by atoms with van der Waals surface area (Å²) in [6, 6.07) is 105. The summed E-state index contributed by atoms with van der Waals surface area (Å²) in [7, 11) is 0. The van der Waals surface area contributed by atoms with E-state index in [0.29, 0.717) is 55.6 Å². The van der Waals surface area contributed by atoms with Crippen molar-refractivity contribution in [2.24, 2.45) is 0 Å². The van der Waals surface area contributed by atoms with Gasteiger partial charge in [-0.3, -0.25) is 0 Å². The predicted octanol–water partition coefficient (Wildman–Crippen LogP) is 17.6. The number of benzene rings is 15. The lowest BCUT2D eigenvalue weighted by Crippen LogP contribution is -2.29. The number of fused-ring (bicyclic) bond motifs is 20. The number of hydrogen-bond acceptors (Lipinski definition) is 6. The van der Waals surface area contributed by atoms with Crippen LogP contribution >= 0.6 is 0 Å². The van der Waals surface area contributed by atoms with Gasteiger partial charge in [0.1, 0.15) is 33.6 Å². The molecule has 6 heteroatoms. The molecule has 462 valence electrons. The lowest BCUT2D eigenvalue weighted by Gasteiger charge is -2.31. The second kappa shape index (κ2) is 19.2. The summed E-state index contributed by atoms with van der Waals surface area (Å²) in [6.07, 6.45) is 0. The smallest absolute Gasteiger partial charge is 0.141 e. The van der Waals surface area contributed by atoms with Crippen LogP contribution in [-0.4, -0.2) is 30.6 Å². The van der Waals surface area contributed by atoms with Gasteiger partial charge in [-0.15, -0.1) is 0 Å². The molecule has 6 unspecified atom stereocenters. The average Bonchev–Trinajstić information content (AvgIpc) is 1.53. The van der Waals surface area contributed by atoms with Crippen molar-refractivity contribution in [3.8, 4) is 66.8 Å². The third kappa shape index (κ3) is 6.81. The Labute approximate surface area is 564 Å². The van der Waals surface area contributed by atoms with Gasteiger partial charge in [0.25, 0.3) is 0 Å². The molecule has 21 rings (SSSR count). The van der Waals surface area contributed by atoms with Gasteiger partial charge in [-0.2, -0.15) is 0 Å². The van der Waals surface area contributed by atoms with Gasteiger partial charge in [0.05, 0.1) is 0 Å². The normalized spacial score (nSPS) is 22.4. The van der Waals surface area contributed by atoms with Gasteiger partial charge in [-0.25, -0.2) is 0 Å². The van der Waals surface area contributed by atoms with E-state index in [1.54, 1.807) is 0 Å². The Morgan fingerprint density at radius 1 is 0.133 bits per heavy atom. The maximum Gasteiger partial charge on any atom is 0.141 e. The van der Waals surface area contributed by atoms with Gasteiger partial charge >= 0.3 is 0 Å². The summed E-state index contributed by atoms with van der Waals surface area (Å²) in [6.45, 7) is 0. The van der Waals surface area contributed by atoms with E-state index in [4.69, 9.17) is 0 Å². The highest BCUT2D eigenvalue weighted by Gasteiger charge is 2.54. The number of rotatable bonds is 6. The highest BCUT2D eigenvalue weighted by molar-refractivity contribution is 5.96. The third-order valence-electron chi connectivity index (χ3n) is 23.2. The Balaban J connectivity index is 0.660. The van der Waals surface area contributed by atoms with Crippen molar-refractivity contribution in [2.45, 2.75) is 33.6 Å². The molecule has 0 bridgehead atoms. The summed E-state index contributed by atoms with van der Waals surface area (Å²) < 4.78 is 0. The molecule has 0 spiro atoms. The molecule has 0 aliphatic heterocycles. The monoisotopic (exact) mass is 1260 g/mol. The van der Waals surface area contributed by atoms with Gasteiger partial charge in [0, 0.05) is 66.8 Å². The van der Waals surface area contributed by atoms with Crippen LogP contribution in [0.15, 0.2) is 315 Å². The average molecular weight is 1260 g/mol. The molecule has 15 aromatic carbocycles. The first-order valence-electron chi connectivity index (χ1n) is 33.5. The largest absolute Gasteiger partial charge is 0.376 e. The fourth-order valence-corrected chi connectivity index (χ4v) is 18.6. The van der Waals surface area contributed by atoms with Crippen LogP contribution in [0.5, 0.6) is 0 Å². The lowest BCUT2D eigenvalue weighted by atomic mass is 9.78. The topological polar surface area (TPSA) is 121 Å². The second-order valence-electron chi connectivity index (χ2n) is 27.6. The standard InChI is InChI=1S/C92H58O6/c93-87(57-37-41-59(42-38-57)89(95)77-29-13-7-23-65(77)71-51-85-73(49-83(71)89)67-25-9-15-31-79(67)91(85,97)61-35-33-53-17-1-3-19-55(53)45-61)75-27-11-5-21-63(75)69-48-82-70(47-81(69)87)64-22-6-12-28-76(64)88(82,94)58-39-43-60(44-40-58)90(96)78-30-14-8-24-66(78)72-52-86-74(50-84(72)90)68-26-10-16-32-80(68)92(86,98)62-36-34-54-18-2-4-20-56(54)46-62/h1-52,93-98H. The van der Waals surface area contributed by atoms with Crippen molar-refractivity contribution >= 4 is 21.5 Å². The van der Waals surface area contributed by atoms with Crippen LogP contribution in [0.3, 0.4) is 0 Å². The van der Waals surface area contributed by atoms with Crippen LogP contribution in [0.1, 0.15) is 100 Å². The Morgan fingerprint density at radius 2 is 0.306 bits per heavy atom. The molecule has 0 fully saturated rings. The van der Waals surface area contributed by atoms with E-state index in [1.807, 2.05) is 218 Å². The first kappa shape index (κ1) is 55.8. The van der Waals surface area contributed by atoms with Crippen molar-refractivity contribution in [2.75, 3.05) is 0 Å². The van der Waals surface area contributed by atoms with Gasteiger partial charge in [0.15, 0.2) is 0 Å². The minimum Gasteiger partial charge on any atom is -0.376 e. The van der Waals surface area contributed by atoms with Crippen molar-refractivity contribution in [1.82, 2.24) is 0 Å². The molecule has 98 heavy (non-hydrogen) atoms. The molecular formula is C92H58O6. The Bertz CT molecular complexity index is 5700. The first-order chi connectivity index (χ1) is 47.8. The Kier molecular flexibility index (Phi) is 10.9.